The molecule has 0 saturated carbocycles. The summed E-state index contributed by atoms with van der Waals surface area (Å²) in [6, 6.07) is 0.355. The average Bonchev–Trinajstić information content (AvgIpc) is 3.06. The first-order valence-electron chi connectivity index (χ1n) is 8.04. The number of aryl methyl sites for hydroxylation is 2. The minimum Gasteiger partial charge on any atom is -0.315 e. The van der Waals surface area contributed by atoms with Crippen molar-refractivity contribution >= 4 is 11.6 Å². The van der Waals surface area contributed by atoms with Crippen molar-refractivity contribution in [3.63, 3.8) is 0 Å². The van der Waals surface area contributed by atoms with Crippen LogP contribution in [0.1, 0.15) is 45.0 Å². The first-order valence-corrected chi connectivity index (χ1v) is 8.42. The Balaban J connectivity index is 2.20. The van der Waals surface area contributed by atoms with Gasteiger partial charge in [0, 0.05) is 25.0 Å². The maximum atomic E-state index is 6.52. The summed E-state index contributed by atoms with van der Waals surface area (Å²) in [6.45, 7) is 9.17. The third-order valence-corrected chi connectivity index (χ3v) is 5.46. The summed E-state index contributed by atoms with van der Waals surface area (Å²) in [5.74, 6) is 0. The number of nitrogens with one attached hydrogen (secondary N) is 1. The number of halogens is 1. The lowest BCUT2D eigenvalue weighted by atomic mass is 9.89. The van der Waals surface area contributed by atoms with Crippen LogP contribution in [0.5, 0.6) is 0 Å². The van der Waals surface area contributed by atoms with Crippen molar-refractivity contribution in [3.8, 4) is 0 Å². The first kappa shape index (κ1) is 16.8. The summed E-state index contributed by atoms with van der Waals surface area (Å²) in [7, 11) is 4.05. The number of aromatic nitrogens is 2. The number of nitrogens with zero attached hydrogens (tertiary/aromatic N) is 3. The van der Waals surface area contributed by atoms with E-state index in [4.69, 9.17) is 11.6 Å². The Kier molecular flexibility index (Phi) is 5.33. The van der Waals surface area contributed by atoms with Crippen molar-refractivity contribution in [2.24, 2.45) is 7.05 Å². The quantitative estimate of drug-likeness (QED) is 0.876. The van der Waals surface area contributed by atoms with Crippen LogP contribution < -0.4 is 5.32 Å². The summed E-state index contributed by atoms with van der Waals surface area (Å²) in [5, 5.41) is 8.89. The van der Waals surface area contributed by atoms with Crippen molar-refractivity contribution in [1.82, 2.24) is 20.0 Å². The van der Waals surface area contributed by atoms with Crippen LogP contribution in [-0.2, 0) is 19.9 Å². The highest BCUT2D eigenvalue weighted by molar-refractivity contribution is 6.31. The van der Waals surface area contributed by atoms with Crippen molar-refractivity contribution < 1.29 is 0 Å². The molecule has 2 rings (SSSR count). The van der Waals surface area contributed by atoms with Crippen LogP contribution in [0.25, 0.3) is 0 Å². The maximum absolute atomic E-state index is 6.52. The molecule has 1 N–H and O–H groups in total. The molecule has 0 aliphatic carbocycles. The second-order valence-electron chi connectivity index (χ2n) is 6.58. The number of hydrogen-bond acceptors (Lipinski definition) is 3. The average molecular weight is 313 g/mol. The van der Waals surface area contributed by atoms with Crippen molar-refractivity contribution in [2.75, 3.05) is 20.1 Å². The molecular formula is C16H29ClN4. The standard InChI is InChI=1S/C16H29ClN4/c1-6-12-15(17)13(20(5)19-12)11-14(18-4)16(2,3)21-9-7-8-10-21/h14,18H,6-11H2,1-5H3. The van der Waals surface area contributed by atoms with Gasteiger partial charge in [-0.3, -0.25) is 9.58 Å². The zero-order valence-electron chi connectivity index (χ0n) is 14.0. The fourth-order valence-corrected chi connectivity index (χ4v) is 3.82. The molecule has 1 aliphatic heterocycles. The molecule has 1 aromatic heterocycles. The van der Waals surface area contributed by atoms with Crippen molar-refractivity contribution in [1.29, 1.82) is 0 Å². The number of likely N-dealkylation sites (tertiary alicyclic amines) is 1. The number of rotatable bonds is 6. The Morgan fingerprint density at radius 2 is 1.95 bits per heavy atom. The SMILES string of the molecule is CCc1nn(C)c(CC(NC)C(C)(C)N2CCCC2)c1Cl. The molecule has 1 unspecified atom stereocenters. The minimum absolute atomic E-state index is 0.116. The molecule has 120 valence electrons. The highest BCUT2D eigenvalue weighted by Gasteiger charge is 2.36. The van der Waals surface area contributed by atoms with Gasteiger partial charge < -0.3 is 5.32 Å². The van der Waals surface area contributed by atoms with Gasteiger partial charge in [0.2, 0.25) is 0 Å². The van der Waals surface area contributed by atoms with Crippen LogP contribution in [0, 0.1) is 0 Å². The molecule has 1 fully saturated rings. The molecule has 0 radical (unpaired) electrons. The van der Waals surface area contributed by atoms with Gasteiger partial charge in [0.1, 0.15) is 0 Å². The van der Waals surface area contributed by atoms with E-state index in [1.807, 2.05) is 18.8 Å². The Bertz CT molecular complexity index is 475. The summed E-state index contributed by atoms with van der Waals surface area (Å²) >= 11 is 6.52. The third kappa shape index (κ3) is 3.27. The van der Waals surface area contributed by atoms with Crippen LogP contribution in [-0.4, -0.2) is 46.4 Å². The van der Waals surface area contributed by atoms with E-state index in [0.717, 1.165) is 29.3 Å². The van der Waals surface area contributed by atoms with E-state index >= 15 is 0 Å². The topological polar surface area (TPSA) is 33.1 Å². The first-order chi connectivity index (χ1) is 9.91. The summed E-state index contributed by atoms with van der Waals surface area (Å²) in [5.41, 5.74) is 2.26. The second-order valence-corrected chi connectivity index (χ2v) is 6.96. The van der Waals surface area contributed by atoms with Crippen LogP contribution >= 0.6 is 11.6 Å². The van der Waals surface area contributed by atoms with E-state index in [1.165, 1.54) is 25.9 Å². The lowest BCUT2D eigenvalue weighted by Gasteiger charge is -2.42. The molecule has 1 aliphatic rings. The largest absolute Gasteiger partial charge is 0.315 e. The highest BCUT2D eigenvalue weighted by Crippen LogP contribution is 2.29. The van der Waals surface area contributed by atoms with Gasteiger partial charge in [0.05, 0.1) is 16.4 Å². The molecule has 1 atom stereocenters. The lowest BCUT2D eigenvalue weighted by Crippen LogP contribution is -2.57. The predicted octanol–water partition coefficient (Wildman–Crippen LogP) is 2.64. The molecule has 5 heteroatoms. The molecule has 21 heavy (non-hydrogen) atoms. The Morgan fingerprint density at radius 1 is 1.33 bits per heavy atom. The monoisotopic (exact) mass is 312 g/mol. The van der Waals surface area contributed by atoms with E-state index in [1.54, 1.807) is 0 Å². The third-order valence-electron chi connectivity index (χ3n) is 5.02. The van der Waals surface area contributed by atoms with Crippen LogP contribution in [0.2, 0.25) is 5.02 Å². The van der Waals surface area contributed by atoms with Crippen molar-refractivity contribution in [3.05, 3.63) is 16.4 Å². The van der Waals surface area contributed by atoms with Crippen LogP contribution in [0.4, 0.5) is 0 Å². The maximum Gasteiger partial charge on any atom is 0.0850 e. The molecule has 2 heterocycles. The van der Waals surface area contributed by atoms with Gasteiger partial charge in [0.15, 0.2) is 0 Å². The zero-order valence-corrected chi connectivity index (χ0v) is 14.8. The Hall–Kier alpha value is -0.580. The molecule has 1 saturated heterocycles. The second kappa shape index (κ2) is 6.67. The molecule has 4 nitrogen and oxygen atoms in total. The van der Waals surface area contributed by atoms with Crippen LogP contribution in [0.15, 0.2) is 0 Å². The highest BCUT2D eigenvalue weighted by atomic mass is 35.5. The van der Waals surface area contributed by atoms with Crippen LogP contribution in [0.3, 0.4) is 0 Å². The molecular weight excluding hydrogens is 284 g/mol. The lowest BCUT2D eigenvalue weighted by molar-refractivity contribution is 0.109. The van der Waals surface area contributed by atoms with Gasteiger partial charge in [-0.25, -0.2) is 0 Å². The van der Waals surface area contributed by atoms with E-state index in [9.17, 15) is 0 Å². The van der Waals surface area contributed by atoms with E-state index < -0.39 is 0 Å². The molecule has 0 amide bonds. The Labute approximate surface area is 133 Å². The number of likely N-dealkylation sites (N-methyl/N-ethyl adjacent to an activating group) is 1. The van der Waals surface area contributed by atoms with Gasteiger partial charge in [-0.1, -0.05) is 18.5 Å². The molecule has 1 aromatic rings. The minimum atomic E-state index is 0.116. The van der Waals surface area contributed by atoms with Gasteiger partial charge in [-0.05, 0) is 53.2 Å². The Morgan fingerprint density at radius 3 is 2.43 bits per heavy atom. The molecule has 0 aromatic carbocycles. The fourth-order valence-electron chi connectivity index (χ4n) is 3.45. The summed E-state index contributed by atoms with van der Waals surface area (Å²) < 4.78 is 1.95. The summed E-state index contributed by atoms with van der Waals surface area (Å²) in [4.78, 5) is 2.60. The normalized spacial score (nSPS) is 18.4. The molecule has 0 bridgehead atoms. The summed E-state index contributed by atoms with van der Waals surface area (Å²) in [6.07, 6.45) is 4.41. The van der Waals surface area contributed by atoms with E-state index in [-0.39, 0.29) is 5.54 Å². The van der Waals surface area contributed by atoms with Gasteiger partial charge in [0.25, 0.3) is 0 Å². The van der Waals surface area contributed by atoms with Gasteiger partial charge in [-0.2, -0.15) is 5.10 Å². The fraction of sp³-hybridized carbons (Fsp3) is 0.812. The molecule has 0 spiro atoms. The van der Waals surface area contributed by atoms with Crippen molar-refractivity contribution in [2.45, 2.75) is 58.0 Å². The predicted molar refractivity (Wildman–Crippen MR) is 89.0 cm³/mol. The smallest absolute Gasteiger partial charge is 0.0850 e. The van der Waals surface area contributed by atoms with E-state index in [2.05, 4.69) is 36.1 Å². The van der Waals surface area contributed by atoms with Gasteiger partial charge in [-0.15, -0.1) is 0 Å². The zero-order chi connectivity index (χ0) is 15.6. The van der Waals surface area contributed by atoms with Gasteiger partial charge >= 0.3 is 0 Å². The van der Waals surface area contributed by atoms with E-state index in [0.29, 0.717) is 6.04 Å². The number of hydrogen-bond donors (Lipinski definition) is 1.